The van der Waals surface area contributed by atoms with Crippen LogP contribution in [-0.2, 0) is 16.1 Å². The van der Waals surface area contributed by atoms with Crippen LogP contribution in [0.25, 0.3) is 0 Å². The second-order valence-electron chi connectivity index (χ2n) is 6.72. The molecule has 0 N–H and O–H groups in total. The first-order valence-electron chi connectivity index (χ1n) is 8.15. The summed E-state index contributed by atoms with van der Waals surface area (Å²) in [6.07, 6.45) is -1.52. The number of hydrogen-bond acceptors (Lipinski definition) is 5. The van der Waals surface area contributed by atoms with E-state index in [9.17, 15) is 14.1 Å². The Hall–Kier alpha value is -2.35. The van der Waals surface area contributed by atoms with E-state index in [1.807, 2.05) is 18.2 Å². The van der Waals surface area contributed by atoms with Crippen LogP contribution >= 0.6 is 0 Å². The molecular weight excluding hydrogens is 329 g/mol. The highest BCUT2D eigenvalue weighted by atomic mass is 19.2. The fraction of sp³-hybridized carbons (Fsp3) is 0.529. The lowest BCUT2D eigenvalue weighted by Crippen LogP contribution is -2.54. The van der Waals surface area contributed by atoms with Crippen LogP contribution in [0.15, 0.2) is 30.3 Å². The minimum absolute atomic E-state index is 0.00202. The van der Waals surface area contributed by atoms with Gasteiger partial charge in [-0.15, -0.1) is 0 Å². The summed E-state index contributed by atoms with van der Waals surface area (Å²) in [5.74, 6) is 0. The average molecular weight is 353 g/mol. The fourth-order valence-corrected chi connectivity index (χ4v) is 2.27. The fourth-order valence-electron chi connectivity index (χ4n) is 2.27. The minimum atomic E-state index is -1.07. The predicted octanol–water partition coefficient (Wildman–Crippen LogP) is 2.98. The van der Waals surface area contributed by atoms with Crippen molar-refractivity contribution in [3.63, 3.8) is 0 Å². The molecule has 0 aromatic heterocycles. The molecule has 2 amide bonds. The van der Waals surface area contributed by atoms with Gasteiger partial charge in [0.15, 0.2) is 0 Å². The molecule has 1 aromatic carbocycles. The number of nitrogens with zero attached hydrogens (tertiary/aromatic N) is 3. The van der Waals surface area contributed by atoms with Crippen molar-refractivity contribution < 1.29 is 23.5 Å². The van der Waals surface area contributed by atoms with Gasteiger partial charge in [0.25, 0.3) is 0 Å². The molecular formula is C17H24FN3O4. The van der Waals surface area contributed by atoms with Crippen molar-refractivity contribution in [1.82, 2.24) is 15.1 Å². The lowest BCUT2D eigenvalue weighted by Gasteiger charge is -2.36. The van der Waals surface area contributed by atoms with Gasteiger partial charge in [0.05, 0.1) is 0 Å². The minimum Gasteiger partial charge on any atom is -0.444 e. The van der Waals surface area contributed by atoms with Gasteiger partial charge in [0, 0.05) is 26.2 Å². The Bertz CT molecular complexity index is 583. The molecule has 25 heavy (non-hydrogen) atoms. The predicted molar refractivity (Wildman–Crippen MR) is 89.0 cm³/mol. The van der Waals surface area contributed by atoms with Crippen molar-refractivity contribution in [1.29, 1.82) is 0 Å². The third-order valence-corrected chi connectivity index (χ3v) is 3.51. The molecule has 1 aliphatic heterocycles. The van der Waals surface area contributed by atoms with E-state index in [0.717, 1.165) is 5.56 Å². The van der Waals surface area contributed by atoms with Gasteiger partial charge >= 0.3 is 12.2 Å². The molecule has 0 unspecified atom stereocenters. The van der Waals surface area contributed by atoms with Crippen LogP contribution in [0.4, 0.5) is 14.1 Å². The van der Waals surface area contributed by atoms with Crippen LogP contribution in [0.2, 0.25) is 0 Å². The largest absolute Gasteiger partial charge is 0.454 e. The molecule has 1 fully saturated rings. The molecule has 8 heteroatoms. The summed E-state index contributed by atoms with van der Waals surface area (Å²) in [4.78, 5) is 25.3. The second kappa shape index (κ2) is 8.15. The van der Waals surface area contributed by atoms with Crippen LogP contribution in [0.3, 0.4) is 0 Å². The maximum absolute atomic E-state index is 14.1. The first kappa shape index (κ1) is 19.0. The van der Waals surface area contributed by atoms with E-state index in [1.165, 1.54) is 9.91 Å². The molecule has 1 saturated heterocycles. The van der Waals surface area contributed by atoms with Crippen molar-refractivity contribution in [3.05, 3.63) is 35.9 Å². The summed E-state index contributed by atoms with van der Waals surface area (Å²) < 4.78 is 24.4. The average Bonchev–Trinajstić information content (AvgIpc) is 2.58. The van der Waals surface area contributed by atoms with E-state index in [0.29, 0.717) is 0 Å². The Kier molecular flexibility index (Phi) is 6.19. The number of carbonyl (C=O) groups excluding carboxylic acids is 2. The van der Waals surface area contributed by atoms with Gasteiger partial charge in [0.1, 0.15) is 12.2 Å². The van der Waals surface area contributed by atoms with Gasteiger partial charge in [0.2, 0.25) is 0 Å². The Labute approximate surface area is 146 Å². The molecule has 2 rings (SSSR count). The van der Waals surface area contributed by atoms with Crippen LogP contribution in [-0.4, -0.2) is 59.1 Å². The highest BCUT2D eigenvalue weighted by molar-refractivity contribution is 5.68. The first-order chi connectivity index (χ1) is 11.8. The van der Waals surface area contributed by atoms with Crippen molar-refractivity contribution in [3.8, 4) is 0 Å². The third kappa shape index (κ3) is 5.90. The summed E-state index contributed by atoms with van der Waals surface area (Å²) >= 11 is 0. The lowest BCUT2D eigenvalue weighted by molar-refractivity contribution is -0.158. The summed E-state index contributed by atoms with van der Waals surface area (Å²) in [5, 5.41) is 1.17. The number of carbonyl (C=O) groups is 2. The van der Waals surface area contributed by atoms with Crippen molar-refractivity contribution in [2.75, 3.05) is 26.2 Å². The standard InChI is InChI=1S/C17H24FN3O4/c1-17(2,3)25-15(22)19-9-11-20(12-10-19)21(18)16(23)24-13-14-7-5-4-6-8-14/h4-8H,9-13H2,1-3H3. The van der Waals surface area contributed by atoms with Gasteiger partial charge in [-0.3, -0.25) is 0 Å². The number of ether oxygens (including phenoxy) is 2. The normalized spacial score (nSPS) is 15.6. The molecule has 0 bridgehead atoms. The molecule has 138 valence electrons. The number of piperazine rings is 1. The summed E-state index contributed by atoms with van der Waals surface area (Å²) in [6, 6.07) is 9.04. The summed E-state index contributed by atoms with van der Waals surface area (Å²) in [7, 11) is 0. The molecule has 0 radical (unpaired) electrons. The van der Waals surface area contributed by atoms with Crippen LogP contribution in [0, 0.1) is 0 Å². The molecule has 0 aliphatic carbocycles. The number of amides is 2. The quantitative estimate of drug-likeness (QED) is 0.782. The van der Waals surface area contributed by atoms with Crippen LogP contribution < -0.4 is 0 Å². The third-order valence-electron chi connectivity index (χ3n) is 3.51. The number of hydrogen-bond donors (Lipinski definition) is 0. The molecule has 0 saturated carbocycles. The maximum Gasteiger partial charge on any atom is 0.454 e. The van der Waals surface area contributed by atoms with Gasteiger partial charge in [-0.1, -0.05) is 40.0 Å². The monoisotopic (exact) mass is 353 g/mol. The molecule has 1 heterocycles. The second-order valence-corrected chi connectivity index (χ2v) is 6.72. The topological polar surface area (TPSA) is 62.3 Å². The first-order valence-corrected chi connectivity index (χ1v) is 8.15. The zero-order chi connectivity index (χ0) is 18.4. The number of benzene rings is 1. The van der Waals surface area contributed by atoms with Crippen LogP contribution in [0.1, 0.15) is 26.3 Å². The molecule has 1 aliphatic rings. The number of hydrazine groups is 1. The van der Waals surface area contributed by atoms with Crippen molar-refractivity contribution in [2.45, 2.75) is 33.0 Å². The molecule has 1 aromatic rings. The van der Waals surface area contributed by atoms with E-state index in [2.05, 4.69) is 0 Å². The SMILES string of the molecule is CC(C)(C)OC(=O)N1CCN(N(F)C(=O)OCc2ccccc2)CC1. The van der Waals surface area contributed by atoms with E-state index < -0.39 is 17.8 Å². The number of halogens is 1. The Morgan fingerprint density at radius 1 is 1.12 bits per heavy atom. The van der Waals surface area contributed by atoms with Gasteiger partial charge in [-0.2, -0.15) is 5.01 Å². The maximum atomic E-state index is 14.1. The Morgan fingerprint density at radius 2 is 1.72 bits per heavy atom. The van der Waals surface area contributed by atoms with E-state index >= 15 is 0 Å². The Morgan fingerprint density at radius 3 is 2.28 bits per heavy atom. The molecule has 0 spiro atoms. The van der Waals surface area contributed by atoms with E-state index in [1.54, 1.807) is 32.9 Å². The van der Waals surface area contributed by atoms with Gasteiger partial charge in [-0.25, -0.2) is 9.59 Å². The number of rotatable bonds is 3. The van der Waals surface area contributed by atoms with Gasteiger partial charge < -0.3 is 14.4 Å². The summed E-state index contributed by atoms with van der Waals surface area (Å²) in [5.41, 5.74) is 0.195. The highest BCUT2D eigenvalue weighted by Gasteiger charge is 2.31. The zero-order valence-electron chi connectivity index (χ0n) is 14.8. The Balaban J connectivity index is 1.77. The lowest BCUT2D eigenvalue weighted by atomic mass is 10.2. The van der Waals surface area contributed by atoms with Crippen molar-refractivity contribution >= 4 is 12.2 Å². The van der Waals surface area contributed by atoms with E-state index in [-0.39, 0.29) is 38.0 Å². The van der Waals surface area contributed by atoms with Crippen molar-refractivity contribution in [2.24, 2.45) is 0 Å². The van der Waals surface area contributed by atoms with E-state index in [4.69, 9.17) is 9.47 Å². The highest BCUT2D eigenvalue weighted by Crippen LogP contribution is 2.14. The van der Waals surface area contributed by atoms with Gasteiger partial charge in [-0.05, 0) is 26.3 Å². The summed E-state index contributed by atoms with van der Waals surface area (Å²) in [6.45, 7) is 6.24. The smallest absolute Gasteiger partial charge is 0.444 e. The van der Waals surface area contributed by atoms with Crippen LogP contribution in [0.5, 0.6) is 0 Å². The molecule has 0 atom stereocenters. The molecule has 7 nitrogen and oxygen atoms in total. The zero-order valence-corrected chi connectivity index (χ0v) is 14.8.